The molecule has 0 spiro atoms. The maximum absolute atomic E-state index is 12.4. The first-order valence-corrected chi connectivity index (χ1v) is 9.91. The first kappa shape index (κ1) is 21.1. The lowest BCUT2D eigenvalue weighted by molar-refractivity contribution is -0.118. The fourth-order valence-electron chi connectivity index (χ4n) is 2.93. The van der Waals surface area contributed by atoms with Crippen LogP contribution in [0.25, 0.3) is 0 Å². The van der Waals surface area contributed by atoms with Gasteiger partial charge >= 0.3 is 0 Å². The summed E-state index contributed by atoms with van der Waals surface area (Å²) >= 11 is 6.07. The molecule has 0 saturated carbocycles. The summed E-state index contributed by atoms with van der Waals surface area (Å²) in [5.74, 6) is -0.249. The lowest BCUT2D eigenvalue weighted by atomic mass is 10.2. The van der Waals surface area contributed by atoms with Gasteiger partial charge in [-0.2, -0.15) is 0 Å². The number of benzene rings is 2. The van der Waals surface area contributed by atoms with Gasteiger partial charge in [-0.05, 0) is 43.3 Å². The van der Waals surface area contributed by atoms with Crippen LogP contribution in [0.3, 0.4) is 0 Å². The molecule has 0 aromatic heterocycles. The fraction of sp³-hybridized carbons (Fsp3) is 0.333. The van der Waals surface area contributed by atoms with Crippen molar-refractivity contribution in [1.82, 2.24) is 4.90 Å². The third-order valence-electron chi connectivity index (χ3n) is 4.55. The standard InChI is InChI=1S/C21H25ClN4O3/c1-15(21(28)25-19-5-3-2-4-18(19)22)23-16-6-8-17(9-7-16)24-20(27)14-26-10-12-29-13-11-26/h2-9,15,23H,10-14H2,1H3,(H,24,27)(H,25,28). The Kier molecular flexibility index (Phi) is 7.46. The Morgan fingerprint density at radius 3 is 2.38 bits per heavy atom. The molecule has 1 saturated heterocycles. The largest absolute Gasteiger partial charge is 0.379 e. The molecule has 1 atom stereocenters. The predicted octanol–water partition coefficient (Wildman–Crippen LogP) is 3.05. The SMILES string of the molecule is CC(Nc1ccc(NC(=O)CN2CCOCC2)cc1)C(=O)Nc1ccccc1Cl. The van der Waals surface area contributed by atoms with E-state index in [1.807, 2.05) is 18.2 Å². The summed E-state index contributed by atoms with van der Waals surface area (Å²) in [7, 11) is 0. The van der Waals surface area contributed by atoms with Crippen LogP contribution in [-0.4, -0.2) is 55.6 Å². The average molecular weight is 417 g/mol. The van der Waals surface area contributed by atoms with E-state index < -0.39 is 6.04 Å². The molecule has 1 fully saturated rings. The maximum Gasteiger partial charge on any atom is 0.246 e. The molecule has 0 bridgehead atoms. The highest BCUT2D eigenvalue weighted by Gasteiger charge is 2.15. The van der Waals surface area contributed by atoms with Crippen LogP contribution in [-0.2, 0) is 14.3 Å². The first-order chi connectivity index (χ1) is 14.0. The molecular weight excluding hydrogens is 392 g/mol. The van der Waals surface area contributed by atoms with E-state index in [0.29, 0.717) is 36.2 Å². The summed E-state index contributed by atoms with van der Waals surface area (Å²) in [6.07, 6.45) is 0. The number of nitrogens with zero attached hydrogens (tertiary/aromatic N) is 1. The van der Waals surface area contributed by atoms with Gasteiger partial charge in [-0.1, -0.05) is 23.7 Å². The van der Waals surface area contributed by atoms with Crippen LogP contribution in [0.5, 0.6) is 0 Å². The number of amides is 2. The lowest BCUT2D eigenvalue weighted by Gasteiger charge is -2.25. The zero-order valence-electron chi connectivity index (χ0n) is 16.3. The number of hydrogen-bond acceptors (Lipinski definition) is 5. The highest BCUT2D eigenvalue weighted by atomic mass is 35.5. The molecule has 2 aromatic rings. The summed E-state index contributed by atoms with van der Waals surface area (Å²) in [6.45, 7) is 4.98. The van der Waals surface area contributed by atoms with Crippen molar-refractivity contribution in [3.63, 3.8) is 0 Å². The molecule has 154 valence electrons. The van der Waals surface area contributed by atoms with Crippen molar-refractivity contribution >= 4 is 40.5 Å². The number of halogens is 1. The molecular formula is C21H25ClN4O3. The second-order valence-corrected chi connectivity index (χ2v) is 7.26. The molecule has 2 aromatic carbocycles. The topological polar surface area (TPSA) is 82.7 Å². The number of ether oxygens (including phenoxy) is 1. The van der Waals surface area contributed by atoms with Gasteiger partial charge in [-0.3, -0.25) is 14.5 Å². The number of para-hydroxylation sites is 1. The average Bonchev–Trinajstić information content (AvgIpc) is 2.72. The minimum atomic E-state index is -0.465. The molecule has 1 aliphatic rings. The smallest absolute Gasteiger partial charge is 0.246 e. The first-order valence-electron chi connectivity index (χ1n) is 9.53. The van der Waals surface area contributed by atoms with Crippen LogP contribution >= 0.6 is 11.6 Å². The number of anilines is 3. The number of rotatable bonds is 7. The highest BCUT2D eigenvalue weighted by molar-refractivity contribution is 6.33. The quantitative estimate of drug-likeness (QED) is 0.646. The van der Waals surface area contributed by atoms with Crippen molar-refractivity contribution < 1.29 is 14.3 Å². The molecule has 2 amide bonds. The highest BCUT2D eigenvalue weighted by Crippen LogP contribution is 2.21. The Morgan fingerprint density at radius 2 is 1.69 bits per heavy atom. The summed E-state index contributed by atoms with van der Waals surface area (Å²) in [5.41, 5.74) is 2.06. The Balaban J connectivity index is 1.48. The van der Waals surface area contributed by atoms with Crippen LogP contribution in [0.1, 0.15) is 6.92 Å². The summed E-state index contributed by atoms with van der Waals surface area (Å²) in [5, 5.41) is 9.32. The normalized spacial score (nSPS) is 15.4. The number of nitrogens with one attached hydrogen (secondary N) is 3. The molecule has 1 unspecified atom stereocenters. The molecule has 1 heterocycles. The molecule has 3 rings (SSSR count). The molecule has 0 aliphatic carbocycles. The lowest BCUT2D eigenvalue weighted by Crippen LogP contribution is -2.41. The second kappa shape index (κ2) is 10.2. The van der Waals surface area contributed by atoms with Crippen LogP contribution in [0.2, 0.25) is 5.02 Å². The van der Waals surface area contributed by atoms with Gasteiger partial charge in [0.25, 0.3) is 0 Å². The Labute approximate surface area is 175 Å². The zero-order valence-corrected chi connectivity index (χ0v) is 17.0. The third-order valence-corrected chi connectivity index (χ3v) is 4.88. The minimum absolute atomic E-state index is 0.0555. The number of morpholine rings is 1. The summed E-state index contributed by atoms with van der Waals surface area (Å²) in [6, 6.07) is 13.9. The predicted molar refractivity (Wildman–Crippen MR) is 115 cm³/mol. The van der Waals surface area contributed by atoms with E-state index in [2.05, 4.69) is 20.9 Å². The number of carbonyl (C=O) groups excluding carboxylic acids is 2. The van der Waals surface area contributed by atoms with E-state index in [1.165, 1.54) is 0 Å². The molecule has 0 radical (unpaired) electrons. The van der Waals surface area contributed by atoms with Gasteiger partial charge in [0.2, 0.25) is 11.8 Å². The zero-order chi connectivity index (χ0) is 20.6. The Bertz CT molecular complexity index is 838. The second-order valence-electron chi connectivity index (χ2n) is 6.85. The third kappa shape index (κ3) is 6.45. The van der Waals surface area contributed by atoms with E-state index >= 15 is 0 Å². The van der Waals surface area contributed by atoms with Crippen molar-refractivity contribution in [2.75, 3.05) is 48.8 Å². The Morgan fingerprint density at radius 1 is 1.03 bits per heavy atom. The van der Waals surface area contributed by atoms with Crippen molar-refractivity contribution in [1.29, 1.82) is 0 Å². The van der Waals surface area contributed by atoms with Gasteiger partial charge in [-0.25, -0.2) is 0 Å². The van der Waals surface area contributed by atoms with Crippen molar-refractivity contribution in [2.24, 2.45) is 0 Å². The van der Waals surface area contributed by atoms with Gasteiger partial charge in [0.1, 0.15) is 6.04 Å². The number of hydrogen-bond donors (Lipinski definition) is 3. The van der Waals surface area contributed by atoms with E-state index in [9.17, 15) is 9.59 Å². The van der Waals surface area contributed by atoms with Crippen molar-refractivity contribution in [3.05, 3.63) is 53.6 Å². The van der Waals surface area contributed by atoms with Gasteiger partial charge in [0.15, 0.2) is 0 Å². The van der Waals surface area contributed by atoms with Crippen LogP contribution in [0.4, 0.5) is 17.1 Å². The molecule has 7 nitrogen and oxygen atoms in total. The van der Waals surface area contributed by atoms with Gasteiger partial charge in [0.05, 0.1) is 30.5 Å². The fourth-order valence-corrected chi connectivity index (χ4v) is 3.11. The van der Waals surface area contributed by atoms with E-state index in [1.54, 1.807) is 37.3 Å². The van der Waals surface area contributed by atoms with E-state index in [4.69, 9.17) is 16.3 Å². The molecule has 29 heavy (non-hydrogen) atoms. The minimum Gasteiger partial charge on any atom is -0.379 e. The molecule has 8 heteroatoms. The van der Waals surface area contributed by atoms with Crippen molar-refractivity contribution in [2.45, 2.75) is 13.0 Å². The van der Waals surface area contributed by atoms with Gasteiger partial charge in [0, 0.05) is 24.5 Å². The summed E-state index contributed by atoms with van der Waals surface area (Å²) in [4.78, 5) is 26.6. The van der Waals surface area contributed by atoms with Crippen LogP contribution < -0.4 is 16.0 Å². The molecule has 1 aliphatic heterocycles. The summed E-state index contributed by atoms with van der Waals surface area (Å²) < 4.78 is 5.28. The van der Waals surface area contributed by atoms with E-state index in [-0.39, 0.29) is 11.8 Å². The van der Waals surface area contributed by atoms with Gasteiger partial charge in [-0.15, -0.1) is 0 Å². The maximum atomic E-state index is 12.4. The monoisotopic (exact) mass is 416 g/mol. The van der Waals surface area contributed by atoms with Gasteiger partial charge < -0.3 is 20.7 Å². The van der Waals surface area contributed by atoms with Crippen LogP contribution in [0.15, 0.2) is 48.5 Å². The Hall–Kier alpha value is -2.61. The van der Waals surface area contributed by atoms with Crippen LogP contribution in [0, 0.1) is 0 Å². The van der Waals surface area contributed by atoms with Crippen molar-refractivity contribution in [3.8, 4) is 0 Å². The van der Waals surface area contributed by atoms with E-state index in [0.717, 1.165) is 18.8 Å². The number of carbonyl (C=O) groups is 2. The molecule has 3 N–H and O–H groups in total.